The first kappa shape index (κ1) is 14.9. The van der Waals surface area contributed by atoms with Crippen LogP contribution < -0.4 is 4.90 Å². The molecule has 1 saturated heterocycles. The summed E-state index contributed by atoms with van der Waals surface area (Å²) in [7, 11) is 0. The van der Waals surface area contributed by atoms with Gasteiger partial charge in [0, 0.05) is 9.65 Å². The number of nitrogens with zero attached hydrogens (tertiary/aromatic N) is 1. The van der Waals surface area contributed by atoms with Gasteiger partial charge in [0.1, 0.15) is 0 Å². The van der Waals surface area contributed by atoms with E-state index in [0.717, 1.165) is 23.2 Å². The number of amides is 2. The summed E-state index contributed by atoms with van der Waals surface area (Å²) in [6, 6.07) is 5.89. The molecule has 116 valence electrons. The lowest BCUT2D eigenvalue weighted by Gasteiger charge is -2.28. The first-order valence-electron chi connectivity index (χ1n) is 7.65. The van der Waals surface area contributed by atoms with Crippen LogP contribution >= 0.6 is 31.9 Å². The molecule has 0 radical (unpaired) electrons. The van der Waals surface area contributed by atoms with Crippen molar-refractivity contribution in [1.29, 1.82) is 0 Å². The number of imide groups is 1. The second-order valence-electron chi connectivity index (χ2n) is 6.76. The van der Waals surface area contributed by atoms with Gasteiger partial charge in [-0.3, -0.25) is 9.59 Å². The highest BCUT2D eigenvalue weighted by Crippen LogP contribution is 2.60. The van der Waals surface area contributed by atoms with Crippen LogP contribution in [0.3, 0.4) is 0 Å². The third-order valence-electron chi connectivity index (χ3n) is 5.65. The van der Waals surface area contributed by atoms with E-state index in [4.69, 9.17) is 0 Å². The van der Waals surface area contributed by atoms with Gasteiger partial charge in [0.25, 0.3) is 0 Å². The molecule has 1 aromatic rings. The minimum Gasteiger partial charge on any atom is -0.274 e. The van der Waals surface area contributed by atoms with Gasteiger partial charge in [0.2, 0.25) is 11.8 Å². The predicted octanol–water partition coefficient (Wildman–Crippen LogP) is 3.59. The molecule has 1 heterocycles. The Hall–Kier alpha value is -0.680. The van der Waals surface area contributed by atoms with Gasteiger partial charge in [0.05, 0.1) is 17.5 Å². The van der Waals surface area contributed by atoms with Crippen LogP contribution in [0.2, 0.25) is 0 Å². The van der Waals surface area contributed by atoms with E-state index in [1.165, 1.54) is 4.90 Å². The number of alkyl halides is 2. The van der Waals surface area contributed by atoms with Crippen molar-refractivity contribution in [1.82, 2.24) is 0 Å². The van der Waals surface area contributed by atoms with E-state index in [1.54, 1.807) is 0 Å². The van der Waals surface area contributed by atoms with Gasteiger partial charge >= 0.3 is 0 Å². The van der Waals surface area contributed by atoms with Crippen molar-refractivity contribution in [2.24, 2.45) is 23.7 Å². The van der Waals surface area contributed by atoms with Crippen LogP contribution in [0.1, 0.15) is 17.5 Å². The van der Waals surface area contributed by atoms with Gasteiger partial charge in [0.15, 0.2) is 0 Å². The molecule has 0 N–H and O–H groups in total. The summed E-state index contributed by atoms with van der Waals surface area (Å²) >= 11 is 7.44. The Bertz CT molecular complexity index is 637. The van der Waals surface area contributed by atoms with Gasteiger partial charge < -0.3 is 0 Å². The first-order valence-corrected chi connectivity index (χ1v) is 9.48. The molecule has 5 heteroatoms. The van der Waals surface area contributed by atoms with E-state index in [9.17, 15) is 9.59 Å². The van der Waals surface area contributed by atoms with Gasteiger partial charge in [-0.2, -0.15) is 0 Å². The van der Waals surface area contributed by atoms with Gasteiger partial charge in [-0.05, 0) is 43.2 Å². The number of rotatable bonds is 1. The van der Waals surface area contributed by atoms with E-state index in [0.29, 0.717) is 0 Å². The van der Waals surface area contributed by atoms with Crippen LogP contribution in [0.25, 0.3) is 0 Å². The third kappa shape index (κ3) is 1.72. The molecular formula is C17H17Br2NO2. The average Bonchev–Trinajstić information content (AvgIpc) is 3.06. The maximum atomic E-state index is 13.0. The number of halogens is 2. The number of fused-ring (bicyclic) bond motifs is 5. The summed E-state index contributed by atoms with van der Waals surface area (Å²) in [6.45, 7) is 3.93. The Labute approximate surface area is 146 Å². The summed E-state index contributed by atoms with van der Waals surface area (Å²) in [5, 5.41) is 0. The van der Waals surface area contributed by atoms with Crippen molar-refractivity contribution < 1.29 is 9.59 Å². The highest BCUT2D eigenvalue weighted by atomic mass is 79.9. The molecule has 0 unspecified atom stereocenters. The molecule has 1 aromatic carbocycles. The number of hydrogen-bond acceptors (Lipinski definition) is 2. The highest BCUT2D eigenvalue weighted by Gasteiger charge is 2.66. The molecule has 6 atom stereocenters. The molecule has 22 heavy (non-hydrogen) atoms. The topological polar surface area (TPSA) is 37.4 Å². The van der Waals surface area contributed by atoms with E-state index in [-0.39, 0.29) is 45.1 Å². The van der Waals surface area contributed by atoms with Crippen LogP contribution in [0.4, 0.5) is 5.69 Å². The lowest BCUT2D eigenvalue weighted by Crippen LogP contribution is -2.37. The zero-order valence-corrected chi connectivity index (χ0v) is 15.6. The number of benzene rings is 1. The van der Waals surface area contributed by atoms with E-state index in [1.807, 2.05) is 32.0 Å². The lowest BCUT2D eigenvalue weighted by atomic mass is 9.81. The SMILES string of the molecule is Cc1cccc(C)c1N1C(=O)[C@@H]2[C@H]3C[C@@H]([C@H](Br)[C@H]3Br)[C@H]2C1=O. The van der Waals surface area contributed by atoms with Gasteiger partial charge in [-0.25, -0.2) is 4.90 Å². The van der Waals surface area contributed by atoms with Crippen LogP contribution in [0.15, 0.2) is 18.2 Å². The van der Waals surface area contributed by atoms with Crippen LogP contribution in [0, 0.1) is 37.5 Å². The third-order valence-corrected chi connectivity index (χ3v) is 8.86. The van der Waals surface area contributed by atoms with Gasteiger partial charge in [-0.15, -0.1) is 0 Å². The van der Waals surface area contributed by atoms with Crippen LogP contribution in [-0.2, 0) is 9.59 Å². The van der Waals surface area contributed by atoms with Crippen LogP contribution in [-0.4, -0.2) is 21.5 Å². The molecule has 3 aliphatic rings. The fourth-order valence-corrected chi connectivity index (χ4v) is 6.60. The minimum absolute atomic E-state index is 0.00347. The molecule has 0 spiro atoms. The predicted molar refractivity (Wildman–Crippen MR) is 92.4 cm³/mol. The second-order valence-corrected chi connectivity index (χ2v) is 8.87. The van der Waals surface area contributed by atoms with Crippen LogP contribution in [0.5, 0.6) is 0 Å². The zero-order chi connectivity index (χ0) is 15.8. The average molecular weight is 427 g/mol. The summed E-state index contributed by atoms with van der Waals surface area (Å²) in [5.41, 5.74) is 2.77. The van der Waals surface area contributed by atoms with Crippen molar-refractivity contribution in [2.75, 3.05) is 4.90 Å². The quantitative estimate of drug-likeness (QED) is 0.508. The molecule has 3 nitrogen and oxygen atoms in total. The Kier molecular flexibility index (Phi) is 3.32. The number of para-hydroxylation sites is 1. The number of carbonyl (C=O) groups excluding carboxylic acids is 2. The summed E-state index contributed by atoms with van der Waals surface area (Å²) < 4.78 is 0. The molecular weight excluding hydrogens is 410 g/mol. The Morgan fingerprint density at radius 3 is 1.86 bits per heavy atom. The maximum absolute atomic E-state index is 13.0. The van der Waals surface area contributed by atoms with E-state index >= 15 is 0 Å². The van der Waals surface area contributed by atoms with Gasteiger partial charge in [-0.1, -0.05) is 50.1 Å². The summed E-state index contributed by atoms with van der Waals surface area (Å²) in [6.07, 6.45) is 0.971. The molecule has 3 fully saturated rings. The molecule has 2 amide bonds. The Morgan fingerprint density at radius 2 is 1.41 bits per heavy atom. The standard InChI is InChI=1S/C17H17Br2NO2/c1-7-4-3-5-8(2)15(7)20-16(21)11-9-6-10(12(11)17(20)22)14(19)13(9)18/h3-5,9-14H,6H2,1-2H3/t9-,10-,11-,12-,13+,14+/m1/s1. The molecule has 2 bridgehead atoms. The van der Waals surface area contributed by atoms with Crippen molar-refractivity contribution >= 4 is 49.4 Å². The minimum atomic E-state index is -0.144. The molecule has 4 rings (SSSR count). The largest absolute Gasteiger partial charge is 0.274 e. The molecule has 1 aliphatic heterocycles. The second kappa shape index (κ2) is 4.91. The number of hydrogen-bond donors (Lipinski definition) is 0. The van der Waals surface area contributed by atoms with Crippen molar-refractivity contribution in [3.63, 3.8) is 0 Å². The highest BCUT2D eigenvalue weighted by molar-refractivity contribution is 9.12. The van der Waals surface area contributed by atoms with Crippen molar-refractivity contribution in [3.8, 4) is 0 Å². The number of carbonyl (C=O) groups is 2. The van der Waals surface area contributed by atoms with Crippen molar-refractivity contribution in [2.45, 2.75) is 29.9 Å². The fourth-order valence-electron chi connectivity index (χ4n) is 4.73. The fraction of sp³-hybridized carbons (Fsp3) is 0.529. The molecule has 0 aromatic heterocycles. The first-order chi connectivity index (χ1) is 10.4. The monoisotopic (exact) mass is 425 g/mol. The Morgan fingerprint density at radius 1 is 0.955 bits per heavy atom. The summed E-state index contributed by atoms with van der Waals surface area (Å²) in [5.74, 6) is 0.257. The normalized spacial score (nSPS) is 39.7. The van der Waals surface area contributed by atoms with E-state index in [2.05, 4.69) is 31.9 Å². The summed E-state index contributed by atoms with van der Waals surface area (Å²) in [4.78, 5) is 28.1. The van der Waals surface area contributed by atoms with Crippen molar-refractivity contribution in [3.05, 3.63) is 29.3 Å². The zero-order valence-electron chi connectivity index (χ0n) is 12.4. The lowest BCUT2D eigenvalue weighted by molar-refractivity contribution is -0.123. The molecule has 2 aliphatic carbocycles. The smallest absolute Gasteiger partial charge is 0.238 e. The maximum Gasteiger partial charge on any atom is 0.238 e. The molecule has 2 saturated carbocycles. The number of anilines is 1. The van der Waals surface area contributed by atoms with E-state index < -0.39 is 0 Å². The number of aryl methyl sites for hydroxylation is 2. The Balaban J connectivity index is 1.80.